The molecule has 0 saturated carbocycles. The molecule has 4 rings (SSSR count). The van der Waals surface area contributed by atoms with E-state index in [0.29, 0.717) is 13.2 Å². The zero-order chi connectivity index (χ0) is 22.2. The molecule has 32 heavy (non-hydrogen) atoms. The Hall–Kier alpha value is -2.15. The first-order chi connectivity index (χ1) is 15.7. The standard InChI is InChI=1S/C27H30O4S/c1-20-24(17-28)31-27(32-23-15-9-4-10-16-23)26(30-19-22-13-7-3-8-14-22)25(20)29-18-21-11-5-2-6-12-21/h2-16,20,24-28H,17-19H2,1H3/t20-,24?,25-,26?,27+/m1/s1. The number of benzene rings is 3. The molecule has 3 aromatic carbocycles. The summed E-state index contributed by atoms with van der Waals surface area (Å²) in [6, 6.07) is 30.4. The van der Waals surface area contributed by atoms with Crippen LogP contribution in [0.4, 0.5) is 0 Å². The topological polar surface area (TPSA) is 47.9 Å². The maximum absolute atomic E-state index is 10.0. The van der Waals surface area contributed by atoms with Gasteiger partial charge in [-0.2, -0.15) is 0 Å². The van der Waals surface area contributed by atoms with Crippen molar-refractivity contribution < 1.29 is 19.3 Å². The van der Waals surface area contributed by atoms with Gasteiger partial charge >= 0.3 is 0 Å². The van der Waals surface area contributed by atoms with Crippen LogP contribution in [-0.2, 0) is 27.4 Å². The fourth-order valence-electron chi connectivity index (χ4n) is 3.93. The molecule has 0 aliphatic carbocycles. The highest BCUT2D eigenvalue weighted by Crippen LogP contribution is 2.38. The number of hydrogen-bond acceptors (Lipinski definition) is 5. The van der Waals surface area contributed by atoms with Crippen LogP contribution in [0, 0.1) is 5.92 Å². The summed E-state index contributed by atoms with van der Waals surface area (Å²) in [5, 5.41) is 10.0. The summed E-state index contributed by atoms with van der Waals surface area (Å²) < 4.78 is 19.3. The first-order valence-electron chi connectivity index (χ1n) is 11.0. The minimum absolute atomic E-state index is 0.0166. The van der Waals surface area contributed by atoms with Gasteiger partial charge in [-0.15, -0.1) is 0 Å². The molecule has 1 aliphatic rings. The predicted molar refractivity (Wildman–Crippen MR) is 127 cm³/mol. The van der Waals surface area contributed by atoms with Crippen molar-refractivity contribution in [3.05, 3.63) is 102 Å². The minimum Gasteiger partial charge on any atom is -0.394 e. The van der Waals surface area contributed by atoms with E-state index in [9.17, 15) is 5.11 Å². The Morgan fingerprint density at radius 1 is 0.750 bits per heavy atom. The van der Waals surface area contributed by atoms with Crippen LogP contribution in [0.3, 0.4) is 0 Å². The summed E-state index contributed by atoms with van der Waals surface area (Å²) >= 11 is 1.62. The summed E-state index contributed by atoms with van der Waals surface area (Å²) in [7, 11) is 0. The summed E-state index contributed by atoms with van der Waals surface area (Å²) in [5.74, 6) is -0.0166. The van der Waals surface area contributed by atoms with E-state index in [0.717, 1.165) is 16.0 Å². The predicted octanol–water partition coefficient (Wildman–Crippen LogP) is 5.30. The van der Waals surface area contributed by atoms with Gasteiger partial charge in [-0.05, 0) is 23.3 Å². The lowest BCUT2D eigenvalue weighted by Gasteiger charge is -2.44. The Morgan fingerprint density at radius 2 is 1.25 bits per heavy atom. The Kier molecular flexibility index (Phi) is 8.37. The first-order valence-corrected chi connectivity index (χ1v) is 11.9. The smallest absolute Gasteiger partial charge is 0.136 e. The molecule has 4 nitrogen and oxygen atoms in total. The molecule has 0 amide bonds. The first kappa shape index (κ1) is 23.0. The molecule has 0 spiro atoms. The molecule has 1 heterocycles. The van der Waals surface area contributed by atoms with Crippen LogP contribution in [0.1, 0.15) is 18.1 Å². The molecule has 1 aliphatic heterocycles. The number of rotatable bonds is 9. The number of aliphatic hydroxyl groups is 1. The summed E-state index contributed by atoms with van der Waals surface area (Å²) in [6.07, 6.45) is -0.818. The molecular weight excluding hydrogens is 420 g/mol. The maximum Gasteiger partial charge on any atom is 0.136 e. The van der Waals surface area contributed by atoms with Crippen molar-refractivity contribution >= 4 is 11.8 Å². The Bertz CT molecular complexity index is 922. The van der Waals surface area contributed by atoms with Crippen LogP contribution >= 0.6 is 11.8 Å². The van der Waals surface area contributed by atoms with Gasteiger partial charge in [-0.25, -0.2) is 0 Å². The van der Waals surface area contributed by atoms with E-state index in [-0.39, 0.29) is 36.3 Å². The van der Waals surface area contributed by atoms with Crippen molar-refractivity contribution in [3.63, 3.8) is 0 Å². The average molecular weight is 451 g/mol. The second kappa shape index (κ2) is 11.6. The second-order valence-corrected chi connectivity index (χ2v) is 9.21. The molecule has 0 aromatic heterocycles. The molecule has 5 heteroatoms. The molecule has 2 unspecified atom stereocenters. The monoisotopic (exact) mass is 450 g/mol. The lowest BCUT2D eigenvalue weighted by atomic mass is 9.91. The van der Waals surface area contributed by atoms with Gasteiger partial charge in [0.1, 0.15) is 11.5 Å². The van der Waals surface area contributed by atoms with Gasteiger partial charge in [-0.3, -0.25) is 0 Å². The molecule has 0 bridgehead atoms. The molecule has 168 valence electrons. The molecule has 1 fully saturated rings. The van der Waals surface area contributed by atoms with Crippen molar-refractivity contribution in [2.45, 2.75) is 48.8 Å². The van der Waals surface area contributed by atoms with Crippen LogP contribution in [0.25, 0.3) is 0 Å². The fraction of sp³-hybridized carbons (Fsp3) is 0.333. The van der Waals surface area contributed by atoms with Crippen molar-refractivity contribution in [2.75, 3.05) is 6.61 Å². The normalized spacial score (nSPS) is 25.5. The third-order valence-corrected chi connectivity index (χ3v) is 6.91. The number of hydrogen-bond donors (Lipinski definition) is 1. The van der Waals surface area contributed by atoms with E-state index in [2.05, 4.69) is 43.3 Å². The fourth-order valence-corrected chi connectivity index (χ4v) is 5.08. The van der Waals surface area contributed by atoms with Gasteiger partial charge in [-0.1, -0.05) is 97.5 Å². The zero-order valence-corrected chi connectivity index (χ0v) is 19.1. The summed E-state index contributed by atoms with van der Waals surface area (Å²) in [4.78, 5) is 1.10. The number of aliphatic hydroxyl groups excluding tert-OH is 1. The molecule has 3 aromatic rings. The van der Waals surface area contributed by atoms with Crippen LogP contribution in [-0.4, -0.2) is 35.5 Å². The van der Waals surface area contributed by atoms with Crippen molar-refractivity contribution in [2.24, 2.45) is 5.92 Å². The molecule has 0 radical (unpaired) electrons. The molecule has 5 atom stereocenters. The molecule has 1 N–H and O–H groups in total. The third-order valence-electron chi connectivity index (χ3n) is 5.75. The minimum atomic E-state index is -0.312. The van der Waals surface area contributed by atoms with E-state index in [1.807, 2.05) is 54.6 Å². The van der Waals surface area contributed by atoms with E-state index in [4.69, 9.17) is 14.2 Å². The van der Waals surface area contributed by atoms with Gasteiger partial charge in [0.05, 0.1) is 32.0 Å². The molecule has 1 saturated heterocycles. The van der Waals surface area contributed by atoms with Crippen LogP contribution in [0.2, 0.25) is 0 Å². The van der Waals surface area contributed by atoms with E-state index in [1.54, 1.807) is 11.8 Å². The zero-order valence-electron chi connectivity index (χ0n) is 18.2. The summed E-state index contributed by atoms with van der Waals surface area (Å²) in [6.45, 7) is 2.98. The van der Waals surface area contributed by atoms with Crippen LogP contribution in [0.5, 0.6) is 0 Å². The lowest BCUT2D eigenvalue weighted by molar-refractivity contribution is -0.214. The number of ether oxygens (including phenoxy) is 3. The Labute approximate surface area is 194 Å². The lowest BCUT2D eigenvalue weighted by Crippen LogP contribution is -2.55. The van der Waals surface area contributed by atoms with Crippen molar-refractivity contribution in [1.29, 1.82) is 0 Å². The second-order valence-electron chi connectivity index (χ2n) is 8.04. The quantitative estimate of drug-likeness (QED) is 0.479. The highest BCUT2D eigenvalue weighted by Gasteiger charge is 2.45. The highest BCUT2D eigenvalue weighted by molar-refractivity contribution is 7.99. The Morgan fingerprint density at radius 3 is 1.78 bits per heavy atom. The van der Waals surface area contributed by atoms with Gasteiger partial charge in [0.2, 0.25) is 0 Å². The highest BCUT2D eigenvalue weighted by atomic mass is 32.2. The SMILES string of the molecule is C[C@@H]1C(CO)O[C@@H](Sc2ccccc2)C(OCc2ccccc2)[C@@H]1OCc1ccccc1. The number of thioether (sulfide) groups is 1. The van der Waals surface area contributed by atoms with E-state index >= 15 is 0 Å². The van der Waals surface area contributed by atoms with E-state index < -0.39 is 0 Å². The van der Waals surface area contributed by atoms with Gasteiger partial charge in [0.25, 0.3) is 0 Å². The summed E-state index contributed by atoms with van der Waals surface area (Å²) in [5.41, 5.74) is 1.92. The van der Waals surface area contributed by atoms with Crippen molar-refractivity contribution in [3.8, 4) is 0 Å². The van der Waals surface area contributed by atoms with Crippen molar-refractivity contribution in [1.82, 2.24) is 0 Å². The van der Waals surface area contributed by atoms with Gasteiger partial charge in [0.15, 0.2) is 0 Å². The van der Waals surface area contributed by atoms with E-state index in [1.165, 1.54) is 0 Å². The third kappa shape index (κ3) is 6.00. The largest absolute Gasteiger partial charge is 0.394 e. The van der Waals surface area contributed by atoms with Gasteiger partial charge in [0, 0.05) is 10.8 Å². The molecular formula is C27H30O4S. The van der Waals surface area contributed by atoms with Crippen LogP contribution in [0.15, 0.2) is 95.9 Å². The van der Waals surface area contributed by atoms with Crippen LogP contribution < -0.4 is 0 Å². The average Bonchev–Trinajstić information content (AvgIpc) is 2.85. The maximum atomic E-state index is 10.0. The van der Waals surface area contributed by atoms with Gasteiger partial charge < -0.3 is 19.3 Å². The Balaban J connectivity index is 1.56.